The van der Waals surface area contributed by atoms with Gasteiger partial charge >= 0.3 is 0 Å². The molecule has 1 rings (SSSR count). The molecule has 78 valence electrons. The standard InChI is InChI=1S/C9H20N2O2/c10-4-7-2-1-3-9(7)11-8(5-12)6-13/h7-9,11-13H,1-6,10H2. The van der Waals surface area contributed by atoms with E-state index in [-0.39, 0.29) is 19.3 Å². The fraction of sp³-hybridized carbons (Fsp3) is 1.00. The Morgan fingerprint density at radius 3 is 2.54 bits per heavy atom. The molecule has 5 N–H and O–H groups in total. The molecular weight excluding hydrogens is 168 g/mol. The van der Waals surface area contributed by atoms with Crippen molar-refractivity contribution in [3.8, 4) is 0 Å². The normalized spacial score (nSPS) is 28.6. The smallest absolute Gasteiger partial charge is 0.0607 e. The van der Waals surface area contributed by atoms with E-state index in [1.165, 1.54) is 6.42 Å². The molecule has 0 heterocycles. The Labute approximate surface area is 79.1 Å². The van der Waals surface area contributed by atoms with Crippen molar-refractivity contribution in [2.24, 2.45) is 11.7 Å². The average Bonchev–Trinajstić information content (AvgIpc) is 2.61. The first-order valence-electron chi connectivity index (χ1n) is 4.99. The van der Waals surface area contributed by atoms with Gasteiger partial charge in [0.25, 0.3) is 0 Å². The lowest BCUT2D eigenvalue weighted by Gasteiger charge is -2.24. The summed E-state index contributed by atoms with van der Waals surface area (Å²) in [6.45, 7) is 0.676. The van der Waals surface area contributed by atoms with Crippen molar-refractivity contribution in [3.63, 3.8) is 0 Å². The summed E-state index contributed by atoms with van der Waals surface area (Å²) in [7, 11) is 0. The summed E-state index contributed by atoms with van der Waals surface area (Å²) in [4.78, 5) is 0. The van der Waals surface area contributed by atoms with Gasteiger partial charge in [-0.25, -0.2) is 0 Å². The Balaban J connectivity index is 2.33. The maximum Gasteiger partial charge on any atom is 0.0607 e. The maximum atomic E-state index is 8.89. The van der Waals surface area contributed by atoms with E-state index in [0.29, 0.717) is 18.5 Å². The number of hydrogen-bond acceptors (Lipinski definition) is 4. The van der Waals surface area contributed by atoms with Crippen LogP contribution in [0.5, 0.6) is 0 Å². The highest BCUT2D eigenvalue weighted by atomic mass is 16.3. The summed E-state index contributed by atoms with van der Waals surface area (Å²) in [5, 5.41) is 21.0. The van der Waals surface area contributed by atoms with E-state index in [2.05, 4.69) is 5.32 Å². The Morgan fingerprint density at radius 1 is 1.31 bits per heavy atom. The largest absolute Gasteiger partial charge is 0.395 e. The van der Waals surface area contributed by atoms with Gasteiger partial charge in [0.05, 0.1) is 19.3 Å². The van der Waals surface area contributed by atoms with E-state index in [0.717, 1.165) is 12.8 Å². The zero-order valence-corrected chi connectivity index (χ0v) is 7.95. The maximum absolute atomic E-state index is 8.89. The number of nitrogens with two attached hydrogens (primary N) is 1. The molecule has 2 unspecified atom stereocenters. The second-order valence-electron chi connectivity index (χ2n) is 3.76. The van der Waals surface area contributed by atoms with Gasteiger partial charge in [-0.15, -0.1) is 0 Å². The van der Waals surface area contributed by atoms with Crippen molar-refractivity contribution in [2.45, 2.75) is 31.3 Å². The summed E-state index contributed by atoms with van der Waals surface area (Å²) in [6, 6.07) is 0.200. The van der Waals surface area contributed by atoms with Crippen LogP contribution in [0.3, 0.4) is 0 Å². The molecule has 0 aromatic heterocycles. The molecule has 0 amide bonds. The number of aliphatic hydroxyl groups excluding tert-OH is 2. The van der Waals surface area contributed by atoms with E-state index < -0.39 is 0 Å². The number of hydrogen-bond donors (Lipinski definition) is 4. The summed E-state index contributed by atoms with van der Waals surface area (Å²) < 4.78 is 0. The van der Waals surface area contributed by atoms with Gasteiger partial charge in [0.2, 0.25) is 0 Å². The molecule has 0 radical (unpaired) electrons. The third kappa shape index (κ3) is 2.91. The Morgan fingerprint density at radius 2 is 2.00 bits per heavy atom. The van der Waals surface area contributed by atoms with Crippen molar-refractivity contribution in [3.05, 3.63) is 0 Å². The quantitative estimate of drug-likeness (QED) is 0.449. The molecule has 1 saturated carbocycles. The predicted molar refractivity (Wildman–Crippen MR) is 51.3 cm³/mol. The van der Waals surface area contributed by atoms with Gasteiger partial charge in [-0.3, -0.25) is 0 Å². The van der Waals surface area contributed by atoms with E-state index in [1.807, 2.05) is 0 Å². The van der Waals surface area contributed by atoms with Crippen LogP contribution in [0.25, 0.3) is 0 Å². The third-order valence-corrected chi connectivity index (χ3v) is 2.85. The Hall–Kier alpha value is -0.160. The summed E-state index contributed by atoms with van der Waals surface area (Å²) in [5.74, 6) is 0.514. The van der Waals surface area contributed by atoms with Gasteiger partial charge in [-0.2, -0.15) is 0 Å². The first-order chi connectivity index (χ1) is 6.31. The summed E-state index contributed by atoms with van der Waals surface area (Å²) in [6.07, 6.45) is 3.47. The lowest BCUT2D eigenvalue weighted by atomic mass is 10.0. The molecule has 2 atom stereocenters. The van der Waals surface area contributed by atoms with Crippen LogP contribution < -0.4 is 11.1 Å². The van der Waals surface area contributed by atoms with E-state index >= 15 is 0 Å². The van der Waals surface area contributed by atoms with Crippen LogP contribution in [-0.4, -0.2) is 42.1 Å². The van der Waals surface area contributed by atoms with Crippen molar-refractivity contribution < 1.29 is 10.2 Å². The van der Waals surface area contributed by atoms with Gasteiger partial charge in [0, 0.05) is 6.04 Å². The molecule has 4 nitrogen and oxygen atoms in total. The molecule has 1 aliphatic carbocycles. The lowest BCUT2D eigenvalue weighted by molar-refractivity contribution is 0.156. The SMILES string of the molecule is NCC1CCCC1NC(CO)CO. The van der Waals surface area contributed by atoms with Crippen molar-refractivity contribution in [1.82, 2.24) is 5.32 Å². The highest BCUT2D eigenvalue weighted by molar-refractivity contribution is 4.85. The lowest BCUT2D eigenvalue weighted by Crippen LogP contribution is -2.45. The number of nitrogens with one attached hydrogen (secondary N) is 1. The van der Waals surface area contributed by atoms with Crippen LogP contribution in [0, 0.1) is 5.92 Å². The molecule has 13 heavy (non-hydrogen) atoms. The van der Waals surface area contributed by atoms with Gasteiger partial charge < -0.3 is 21.3 Å². The first-order valence-corrected chi connectivity index (χ1v) is 4.99. The fourth-order valence-electron chi connectivity index (χ4n) is 2.00. The summed E-state index contributed by atoms with van der Waals surface area (Å²) in [5.41, 5.74) is 5.62. The number of rotatable bonds is 5. The van der Waals surface area contributed by atoms with Crippen molar-refractivity contribution in [2.75, 3.05) is 19.8 Å². The van der Waals surface area contributed by atoms with Crippen molar-refractivity contribution >= 4 is 0 Å². The van der Waals surface area contributed by atoms with E-state index in [4.69, 9.17) is 15.9 Å². The number of aliphatic hydroxyl groups is 2. The third-order valence-electron chi connectivity index (χ3n) is 2.85. The molecule has 0 aromatic rings. The zero-order valence-electron chi connectivity index (χ0n) is 7.95. The van der Waals surface area contributed by atoms with Crippen molar-refractivity contribution in [1.29, 1.82) is 0 Å². The van der Waals surface area contributed by atoms with Crippen LogP contribution >= 0.6 is 0 Å². The Kier molecular flexibility index (Phi) is 4.66. The monoisotopic (exact) mass is 188 g/mol. The zero-order chi connectivity index (χ0) is 9.68. The van der Waals surface area contributed by atoms with Gasteiger partial charge in [-0.1, -0.05) is 6.42 Å². The fourth-order valence-corrected chi connectivity index (χ4v) is 2.00. The van der Waals surface area contributed by atoms with Crippen LogP contribution in [0.1, 0.15) is 19.3 Å². The van der Waals surface area contributed by atoms with Crippen LogP contribution in [-0.2, 0) is 0 Å². The topological polar surface area (TPSA) is 78.5 Å². The minimum atomic E-state index is -0.183. The first kappa shape index (κ1) is 10.9. The second-order valence-corrected chi connectivity index (χ2v) is 3.76. The average molecular weight is 188 g/mol. The molecule has 4 heteroatoms. The van der Waals surface area contributed by atoms with Gasteiger partial charge in [0.1, 0.15) is 0 Å². The van der Waals surface area contributed by atoms with Crippen LogP contribution in [0.15, 0.2) is 0 Å². The molecular formula is C9H20N2O2. The van der Waals surface area contributed by atoms with Gasteiger partial charge in [-0.05, 0) is 25.3 Å². The predicted octanol–water partition coefficient (Wildman–Crippen LogP) is -0.943. The second kappa shape index (κ2) is 5.54. The summed E-state index contributed by atoms with van der Waals surface area (Å²) >= 11 is 0. The molecule has 0 aliphatic heterocycles. The molecule has 0 bridgehead atoms. The van der Waals surface area contributed by atoms with Gasteiger partial charge in [0.15, 0.2) is 0 Å². The van der Waals surface area contributed by atoms with Crippen LogP contribution in [0.2, 0.25) is 0 Å². The highest BCUT2D eigenvalue weighted by Gasteiger charge is 2.27. The van der Waals surface area contributed by atoms with E-state index in [1.54, 1.807) is 0 Å². The minimum absolute atomic E-state index is 0.00963. The molecule has 0 saturated heterocycles. The van der Waals surface area contributed by atoms with E-state index in [9.17, 15) is 0 Å². The molecule has 0 spiro atoms. The molecule has 0 aromatic carbocycles. The highest BCUT2D eigenvalue weighted by Crippen LogP contribution is 2.24. The van der Waals surface area contributed by atoms with Crippen LogP contribution in [0.4, 0.5) is 0 Å². The minimum Gasteiger partial charge on any atom is -0.395 e. The molecule has 1 fully saturated rings. The Bertz CT molecular complexity index is 140. The molecule has 1 aliphatic rings.